The Hall–Kier alpha value is -4.59. The van der Waals surface area contributed by atoms with Crippen molar-refractivity contribution in [3.8, 4) is 17.1 Å². The quantitative estimate of drug-likeness (QED) is 0.192. The van der Waals surface area contributed by atoms with E-state index in [1.54, 1.807) is 57.3 Å². The van der Waals surface area contributed by atoms with E-state index in [9.17, 15) is 14.4 Å². The van der Waals surface area contributed by atoms with Crippen LogP contribution >= 0.6 is 0 Å². The van der Waals surface area contributed by atoms with E-state index in [4.69, 9.17) is 9.47 Å². The zero-order valence-corrected chi connectivity index (χ0v) is 21.4. The zero-order chi connectivity index (χ0) is 26.7. The summed E-state index contributed by atoms with van der Waals surface area (Å²) in [4.78, 5) is 39.0. The van der Waals surface area contributed by atoms with E-state index in [1.165, 1.54) is 0 Å². The lowest BCUT2D eigenvalue weighted by Crippen LogP contribution is -2.22. The molecule has 190 valence electrons. The summed E-state index contributed by atoms with van der Waals surface area (Å²) in [6.45, 7) is 9.02. The fraction of sp³-hybridized carbons (Fsp3) is 0.207. The highest BCUT2D eigenvalue weighted by molar-refractivity contribution is 6.00. The average molecular weight is 500 g/mol. The van der Waals surface area contributed by atoms with Crippen LogP contribution in [0.2, 0.25) is 0 Å². The van der Waals surface area contributed by atoms with Gasteiger partial charge in [-0.25, -0.2) is 9.48 Å². The maximum Gasteiger partial charge on any atom is 0.338 e. The van der Waals surface area contributed by atoms with Crippen LogP contribution in [0.4, 0.5) is 0 Å². The van der Waals surface area contributed by atoms with Crippen molar-refractivity contribution in [3.63, 3.8) is 0 Å². The first kappa shape index (κ1) is 25.5. The van der Waals surface area contributed by atoms with E-state index in [0.717, 1.165) is 17.1 Å². The third-order valence-corrected chi connectivity index (χ3v) is 6.27. The molecule has 0 saturated carbocycles. The summed E-state index contributed by atoms with van der Waals surface area (Å²) in [7, 11) is 1.82. The highest BCUT2D eigenvalue weighted by Gasteiger charge is 2.24. The number of esters is 1. The van der Waals surface area contributed by atoms with Gasteiger partial charge in [-0.15, -0.1) is 0 Å². The normalized spacial score (nSPS) is 10.8. The third-order valence-electron chi connectivity index (χ3n) is 6.27. The molecule has 0 unspecified atom stereocenters. The van der Waals surface area contributed by atoms with E-state index in [1.807, 2.05) is 51.2 Å². The Labute approximate surface area is 215 Å². The van der Waals surface area contributed by atoms with Crippen molar-refractivity contribution in [2.75, 3.05) is 13.2 Å². The van der Waals surface area contributed by atoms with Crippen LogP contribution in [0.5, 0.6) is 5.75 Å². The van der Waals surface area contributed by atoms with Crippen LogP contribution in [-0.2, 0) is 11.8 Å². The number of hydrogen-bond donors (Lipinski definition) is 0. The van der Waals surface area contributed by atoms with E-state index < -0.39 is 12.6 Å². The molecule has 8 nitrogen and oxygen atoms in total. The number of para-hydroxylation sites is 1. The Bertz CT molecular complexity index is 1520. The van der Waals surface area contributed by atoms with Crippen LogP contribution in [0.3, 0.4) is 0 Å². The summed E-state index contributed by atoms with van der Waals surface area (Å²) in [6.07, 6.45) is 1.63. The van der Waals surface area contributed by atoms with Gasteiger partial charge in [0.1, 0.15) is 18.0 Å². The Balaban J connectivity index is 1.56. The van der Waals surface area contributed by atoms with Crippen LogP contribution in [-0.4, -0.2) is 38.9 Å². The Morgan fingerprint density at radius 3 is 2.30 bits per heavy atom. The molecule has 0 spiro atoms. The molecule has 0 radical (unpaired) electrons. The number of aromatic nitrogens is 3. The molecule has 4 rings (SSSR count). The van der Waals surface area contributed by atoms with Crippen molar-refractivity contribution in [2.45, 2.75) is 20.8 Å². The van der Waals surface area contributed by atoms with Gasteiger partial charge in [-0.3, -0.25) is 14.3 Å². The van der Waals surface area contributed by atoms with Crippen LogP contribution in [0, 0.1) is 20.8 Å². The number of Topliss-reactive ketones (excluding diaryl/α,β-unsaturated/α-hetero) is 1. The molecule has 0 aliphatic rings. The van der Waals surface area contributed by atoms with Gasteiger partial charge in [-0.05, 0) is 63.2 Å². The second-order valence-corrected chi connectivity index (χ2v) is 8.65. The monoisotopic (exact) mass is 499 g/mol. The molecule has 0 bridgehead atoms. The molecule has 0 atom stereocenters. The van der Waals surface area contributed by atoms with Crippen molar-refractivity contribution in [3.05, 3.63) is 112 Å². The number of rotatable bonds is 9. The first-order chi connectivity index (χ1) is 17.7. The fourth-order valence-electron chi connectivity index (χ4n) is 4.34. The minimum atomic E-state index is -0.609. The van der Waals surface area contributed by atoms with Crippen molar-refractivity contribution in [1.29, 1.82) is 0 Å². The first-order valence-corrected chi connectivity index (χ1v) is 11.8. The molecule has 2 heterocycles. The topological polar surface area (TPSA) is 84.5 Å². The predicted octanol–water partition coefficient (Wildman–Crippen LogP) is 4.50. The number of aryl methyl sites for hydroxylation is 1. The van der Waals surface area contributed by atoms with Gasteiger partial charge in [-0.1, -0.05) is 30.9 Å². The minimum absolute atomic E-state index is 0.195. The molecule has 8 heteroatoms. The SMILES string of the molecule is C=CCOc1ccc(C(=O)OCC(=O)c2cc(C)n(-c3c(C)n(C)n(-c4ccccc4)c3=O)c2C)cc1. The van der Waals surface area contributed by atoms with Gasteiger partial charge >= 0.3 is 5.97 Å². The lowest BCUT2D eigenvalue weighted by Gasteiger charge is -2.09. The number of benzene rings is 2. The number of ketones is 1. The average Bonchev–Trinajstić information content (AvgIpc) is 3.31. The molecule has 0 amide bonds. The van der Waals surface area contributed by atoms with Gasteiger partial charge in [0.05, 0.1) is 16.9 Å². The number of carbonyl (C=O) groups excluding carboxylic acids is 2. The number of carbonyl (C=O) groups is 2. The Morgan fingerprint density at radius 1 is 0.973 bits per heavy atom. The van der Waals surface area contributed by atoms with Crippen LogP contribution in [0.25, 0.3) is 11.4 Å². The van der Waals surface area contributed by atoms with E-state index in [0.29, 0.717) is 34.9 Å². The van der Waals surface area contributed by atoms with Crippen LogP contribution < -0.4 is 10.3 Å². The van der Waals surface area contributed by atoms with Gasteiger partial charge in [0, 0.05) is 24.0 Å². The van der Waals surface area contributed by atoms with Gasteiger partial charge < -0.3 is 14.0 Å². The van der Waals surface area contributed by atoms with Crippen molar-refractivity contribution < 1.29 is 19.1 Å². The largest absolute Gasteiger partial charge is 0.490 e. The van der Waals surface area contributed by atoms with E-state index in [-0.39, 0.29) is 11.3 Å². The van der Waals surface area contributed by atoms with Gasteiger partial charge in [0.15, 0.2) is 6.61 Å². The van der Waals surface area contributed by atoms with E-state index >= 15 is 0 Å². The molecule has 0 saturated heterocycles. The number of hydrogen-bond acceptors (Lipinski definition) is 5. The van der Waals surface area contributed by atoms with Gasteiger partial charge in [-0.2, -0.15) is 0 Å². The molecule has 0 fully saturated rings. The second-order valence-electron chi connectivity index (χ2n) is 8.65. The highest BCUT2D eigenvalue weighted by Crippen LogP contribution is 2.23. The first-order valence-electron chi connectivity index (χ1n) is 11.8. The summed E-state index contributed by atoms with van der Waals surface area (Å²) in [5.74, 6) is -0.361. The molecular weight excluding hydrogens is 470 g/mol. The summed E-state index contributed by atoms with van der Waals surface area (Å²) >= 11 is 0. The highest BCUT2D eigenvalue weighted by atomic mass is 16.5. The molecule has 2 aromatic carbocycles. The minimum Gasteiger partial charge on any atom is -0.490 e. The zero-order valence-electron chi connectivity index (χ0n) is 21.4. The molecule has 2 aromatic heterocycles. The maximum absolute atomic E-state index is 13.5. The fourth-order valence-corrected chi connectivity index (χ4v) is 4.34. The lowest BCUT2D eigenvalue weighted by atomic mass is 10.1. The van der Waals surface area contributed by atoms with Gasteiger partial charge in [0.25, 0.3) is 5.56 Å². The Kier molecular flexibility index (Phi) is 7.29. The summed E-state index contributed by atoms with van der Waals surface area (Å²) in [5, 5.41) is 0. The molecule has 37 heavy (non-hydrogen) atoms. The lowest BCUT2D eigenvalue weighted by molar-refractivity contribution is 0.0474. The number of nitrogens with zero attached hydrogens (tertiary/aromatic N) is 3. The van der Waals surface area contributed by atoms with Crippen LogP contribution in [0.1, 0.15) is 37.8 Å². The number of ether oxygens (including phenoxy) is 2. The van der Waals surface area contributed by atoms with Crippen molar-refractivity contribution in [1.82, 2.24) is 13.9 Å². The molecule has 4 aromatic rings. The molecule has 0 N–H and O–H groups in total. The third kappa shape index (κ3) is 4.91. The molecular formula is C29H29N3O5. The Morgan fingerprint density at radius 2 is 1.65 bits per heavy atom. The maximum atomic E-state index is 13.5. The predicted molar refractivity (Wildman–Crippen MR) is 141 cm³/mol. The van der Waals surface area contributed by atoms with Crippen molar-refractivity contribution >= 4 is 11.8 Å². The molecule has 0 aliphatic heterocycles. The molecule has 0 aliphatic carbocycles. The summed E-state index contributed by atoms with van der Waals surface area (Å²) < 4.78 is 15.9. The smallest absolute Gasteiger partial charge is 0.338 e. The summed E-state index contributed by atoms with van der Waals surface area (Å²) in [5.41, 5.74) is 3.81. The standard InChI is InChI=1S/C29H29N3O5/c1-6-16-36-24-14-12-22(13-15-24)29(35)37-18-26(33)25-17-19(2)31(20(25)3)27-21(4)30(5)32(28(27)34)23-10-8-7-9-11-23/h6-15,17H,1,16,18H2,2-5H3. The van der Waals surface area contributed by atoms with Crippen LogP contribution in [0.15, 0.2) is 78.1 Å². The van der Waals surface area contributed by atoms with E-state index in [2.05, 4.69) is 6.58 Å². The van der Waals surface area contributed by atoms with Gasteiger partial charge in [0.2, 0.25) is 5.78 Å². The summed E-state index contributed by atoms with van der Waals surface area (Å²) in [6, 6.07) is 17.6. The second kappa shape index (κ2) is 10.6. The van der Waals surface area contributed by atoms with Crippen molar-refractivity contribution in [2.24, 2.45) is 7.05 Å².